The third-order valence-electron chi connectivity index (χ3n) is 6.22. The molecule has 37 heavy (non-hydrogen) atoms. The number of amides is 2. The number of nitrogens with zero attached hydrogens (tertiary/aromatic N) is 2. The second-order valence-corrected chi connectivity index (χ2v) is 10.9. The van der Waals surface area contributed by atoms with Gasteiger partial charge in [-0.25, -0.2) is 8.42 Å². The first-order valence-electron chi connectivity index (χ1n) is 12.7. The van der Waals surface area contributed by atoms with Gasteiger partial charge in [0.1, 0.15) is 6.04 Å². The van der Waals surface area contributed by atoms with Crippen LogP contribution in [0.3, 0.4) is 0 Å². The Morgan fingerprint density at radius 3 is 2.43 bits per heavy atom. The van der Waals surface area contributed by atoms with E-state index in [-0.39, 0.29) is 31.6 Å². The van der Waals surface area contributed by atoms with Gasteiger partial charge in [-0.3, -0.25) is 13.9 Å². The molecule has 0 unspecified atom stereocenters. The zero-order chi connectivity index (χ0) is 26.8. The molecule has 0 saturated heterocycles. The van der Waals surface area contributed by atoms with E-state index in [0.29, 0.717) is 49.5 Å². The van der Waals surface area contributed by atoms with Crippen molar-refractivity contribution in [2.75, 3.05) is 37.0 Å². The normalized spacial score (nSPS) is 13.2. The maximum absolute atomic E-state index is 13.4. The maximum atomic E-state index is 13.4. The lowest BCUT2D eigenvalue weighted by atomic mass is 10.1. The molecule has 3 rings (SSSR count). The summed E-state index contributed by atoms with van der Waals surface area (Å²) in [5, 5.41) is 2.91. The monoisotopic (exact) mass is 531 g/mol. The van der Waals surface area contributed by atoms with Crippen LogP contribution in [0.25, 0.3) is 0 Å². The topological polar surface area (TPSA) is 105 Å². The number of anilines is 1. The number of hydrogen-bond acceptors (Lipinski definition) is 6. The summed E-state index contributed by atoms with van der Waals surface area (Å²) < 4.78 is 37.1. The molecule has 0 aliphatic carbocycles. The van der Waals surface area contributed by atoms with Crippen molar-refractivity contribution in [3.05, 3.63) is 54.1 Å². The molecule has 1 aliphatic heterocycles. The number of fused-ring (bicyclic) bond motifs is 1. The molecular weight excluding hydrogens is 494 g/mol. The van der Waals surface area contributed by atoms with Gasteiger partial charge in [0.25, 0.3) is 0 Å². The summed E-state index contributed by atoms with van der Waals surface area (Å²) in [4.78, 5) is 27.9. The Labute approximate surface area is 219 Å². The summed E-state index contributed by atoms with van der Waals surface area (Å²) in [6.45, 7) is 5.04. The van der Waals surface area contributed by atoms with E-state index in [1.54, 1.807) is 23.1 Å². The summed E-state index contributed by atoms with van der Waals surface area (Å²) in [6.07, 6.45) is 3.47. The van der Waals surface area contributed by atoms with Gasteiger partial charge in [0.05, 0.1) is 11.9 Å². The first-order valence-corrected chi connectivity index (χ1v) is 14.6. The van der Waals surface area contributed by atoms with Crippen molar-refractivity contribution in [3.63, 3.8) is 0 Å². The zero-order valence-electron chi connectivity index (χ0n) is 21.8. The summed E-state index contributed by atoms with van der Waals surface area (Å²) >= 11 is 0. The molecule has 1 aliphatic rings. The van der Waals surface area contributed by atoms with Crippen LogP contribution in [0.1, 0.15) is 45.1 Å². The molecule has 9 nitrogen and oxygen atoms in total. The van der Waals surface area contributed by atoms with Gasteiger partial charge in [-0.1, -0.05) is 44.2 Å². The Morgan fingerprint density at radius 1 is 1.03 bits per heavy atom. The smallest absolute Gasteiger partial charge is 0.242 e. The van der Waals surface area contributed by atoms with Gasteiger partial charge in [-0.15, -0.1) is 0 Å². The summed E-state index contributed by atoms with van der Waals surface area (Å²) in [5.41, 5.74) is 1.53. The SMILES string of the molecule is CCCNC(=O)[C@H](CC)N(CCc1ccccc1)C(=O)CCCN(c1ccc2c(c1)OCO2)S(C)(=O)=O. The van der Waals surface area contributed by atoms with Crippen LogP contribution in [-0.4, -0.2) is 63.9 Å². The predicted octanol–water partition coefficient (Wildman–Crippen LogP) is 3.34. The first kappa shape index (κ1) is 28.3. The van der Waals surface area contributed by atoms with Crippen LogP contribution in [0, 0.1) is 0 Å². The first-order chi connectivity index (χ1) is 17.7. The van der Waals surface area contributed by atoms with Crippen molar-refractivity contribution >= 4 is 27.5 Å². The van der Waals surface area contributed by atoms with Crippen molar-refractivity contribution in [2.24, 2.45) is 0 Å². The van der Waals surface area contributed by atoms with Gasteiger partial charge in [-0.2, -0.15) is 0 Å². The van der Waals surface area contributed by atoms with Crippen molar-refractivity contribution in [3.8, 4) is 11.5 Å². The molecular formula is C27H37N3O6S. The molecule has 1 atom stereocenters. The lowest BCUT2D eigenvalue weighted by molar-refractivity contribution is -0.140. The van der Waals surface area contributed by atoms with Gasteiger partial charge in [0, 0.05) is 32.1 Å². The van der Waals surface area contributed by atoms with Crippen molar-refractivity contribution in [2.45, 2.75) is 52.0 Å². The van der Waals surface area contributed by atoms with Gasteiger partial charge in [-0.05, 0) is 43.4 Å². The van der Waals surface area contributed by atoms with Crippen LogP contribution in [0.15, 0.2) is 48.5 Å². The number of rotatable bonds is 14. The fraction of sp³-hybridized carbons (Fsp3) is 0.481. The van der Waals surface area contributed by atoms with E-state index in [1.165, 1.54) is 4.31 Å². The molecule has 2 amide bonds. The van der Waals surface area contributed by atoms with Crippen LogP contribution < -0.4 is 19.1 Å². The van der Waals surface area contributed by atoms with Gasteiger partial charge in [0.15, 0.2) is 11.5 Å². The van der Waals surface area contributed by atoms with Crippen molar-refractivity contribution in [1.29, 1.82) is 0 Å². The maximum Gasteiger partial charge on any atom is 0.242 e. The standard InChI is InChI=1S/C27H37N3O6S/c1-4-16-28-27(32)23(5-2)29(18-15-21-10-7-6-8-11-21)26(31)12-9-17-30(37(3,33)34)22-13-14-24-25(19-22)36-20-35-24/h6-8,10-11,13-14,19,23H,4-5,9,12,15-18,20H2,1-3H3,(H,28,32)/t23-/m0/s1. The summed E-state index contributed by atoms with van der Waals surface area (Å²) in [6, 6.07) is 14.2. The van der Waals surface area contributed by atoms with Crippen LogP contribution in [0.4, 0.5) is 5.69 Å². The zero-order valence-corrected chi connectivity index (χ0v) is 22.6. The van der Waals surface area contributed by atoms with E-state index in [1.807, 2.05) is 44.2 Å². The minimum atomic E-state index is -3.60. The molecule has 0 bridgehead atoms. The lowest BCUT2D eigenvalue weighted by Gasteiger charge is -2.31. The van der Waals surface area contributed by atoms with Gasteiger partial charge in [0.2, 0.25) is 28.6 Å². The molecule has 0 saturated carbocycles. The molecule has 1 heterocycles. The van der Waals surface area contributed by atoms with Crippen LogP contribution in [0.5, 0.6) is 11.5 Å². The number of carbonyl (C=O) groups excluding carboxylic acids is 2. The average molecular weight is 532 g/mol. The molecule has 1 N–H and O–H groups in total. The number of ether oxygens (including phenoxy) is 2. The Balaban J connectivity index is 1.70. The minimum absolute atomic E-state index is 0.0927. The minimum Gasteiger partial charge on any atom is -0.454 e. The third-order valence-corrected chi connectivity index (χ3v) is 7.41. The van der Waals surface area contributed by atoms with E-state index < -0.39 is 16.1 Å². The quantitative estimate of drug-likeness (QED) is 0.401. The summed E-state index contributed by atoms with van der Waals surface area (Å²) in [7, 11) is -3.60. The number of hydrogen-bond donors (Lipinski definition) is 1. The fourth-order valence-electron chi connectivity index (χ4n) is 4.31. The third kappa shape index (κ3) is 7.85. The highest BCUT2D eigenvalue weighted by molar-refractivity contribution is 7.92. The second-order valence-electron chi connectivity index (χ2n) is 9.01. The van der Waals surface area contributed by atoms with E-state index in [2.05, 4.69) is 5.32 Å². The van der Waals surface area contributed by atoms with E-state index in [0.717, 1.165) is 18.2 Å². The molecule has 0 radical (unpaired) electrons. The van der Waals surface area contributed by atoms with Crippen molar-refractivity contribution in [1.82, 2.24) is 10.2 Å². The molecule has 0 spiro atoms. The molecule has 0 aromatic heterocycles. The van der Waals surface area contributed by atoms with Gasteiger partial charge >= 0.3 is 0 Å². The summed E-state index contributed by atoms with van der Waals surface area (Å²) in [5.74, 6) is 0.712. The molecule has 10 heteroatoms. The highest BCUT2D eigenvalue weighted by Crippen LogP contribution is 2.36. The highest BCUT2D eigenvalue weighted by Gasteiger charge is 2.28. The molecule has 0 fully saturated rings. The van der Waals surface area contributed by atoms with Crippen molar-refractivity contribution < 1.29 is 27.5 Å². The molecule has 202 valence electrons. The van der Waals surface area contributed by atoms with E-state index >= 15 is 0 Å². The van der Waals surface area contributed by atoms with Crippen LogP contribution in [-0.2, 0) is 26.0 Å². The number of sulfonamides is 1. The largest absolute Gasteiger partial charge is 0.454 e. The highest BCUT2D eigenvalue weighted by atomic mass is 32.2. The van der Waals surface area contributed by atoms with Crippen LogP contribution >= 0.6 is 0 Å². The second kappa shape index (κ2) is 13.3. The predicted molar refractivity (Wildman–Crippen MR) is 143 cm³/mol. The number of carbonyl (C=O) groups is 2. The molecule has 2 aromatic rings. The number of benzene rings is 2. The number of nitrogens with one attached hydrogen (secondary N) is 1. The molecule has 2 aromatic carbocycles. The Kier molecular flexibility index (Phi) is 10.2. The lowest BCUT2D eigenvalue weighted by Crippen LogP contribution is -2.50. The fourth-order valence-corrected chi connectivity index (χ4v) is 5.26. The average Bonchev–Trinajstić information content (AvgIpc) is 3.35. The van der Waals surface area contributed by atoms with E-state index in [9.17, 15) is 18.0 Å². The van der Waals surface area contributed by atoms with Crippen LogP contribution in [0.2, 0.25) is 0 Å². The van der Waals surface area contributed by atoms with Gasteiger partial charge < -0.3 is 19.7 Å². The Morgan fingerprint density at radius 2 is 1.76 bits per heavy atom. The Bertz CT molecular complexity index is 1160. The Hall–Kier alpha value is -3.27. The van der Waals surface area contributed by atoms with E-state index in [4.69, 9.17) is 9.47 Å².